The molecule has 3 heterocycles. The predicted molar refractivity (Wildman–Crippen MR) is 68.2 cm³/mol. The molecule has 5 heteroatoms. The fourth-order valence-corrected chi connectivity index (χ4v) is 2.30. The highest BCUT2D eigenvalue weighted by molar-refractivity contribution is 5.83. The van der Waals surface area contributed by atoms with Crippen molar-refractivity contribution in [2.24, 2.45) is 0 Å². The standard InChI is InChI=1S/C13H15N3O2/c17-10-11-13(15-5-3-8-18-9-7-15)14-12-4-1-2-6-16(11)12/h1-2,4,6,10H,3,5,7-9H2. The van der Waals surface area contributed by atoms with Crippen LogP contribution in [0.15, 0.2) is 24.4 Å². The first-order valence-electron chi connectivity index (χ1n) is 6.15. The first-order chi connectivity index (χ1) is 8.90. The minimum absolute atomic E-state index is 0.618. The maximum absolute atomic E-state index is 11.3. The number of fused-ring (bicyclic) bond motifs is 1. The van der Waals surface area contributed by atoms with Crippen LogP contribution in [0.25, 0.3) is 5.65 Å². The number of aromatic nitrogens is 2. The van der Waals surface area contributed by atoms with Gasteiger partial charge in [0, 0.05) is 25.9 Å². The van der Waals surface area contributed by atoms with E-state index in [0.717, 1.165) is 43.9 Å². The first-order valence-corrected chi connectivity index (χ1v) is 6.15. The maximum Gasteiger partial charge on any atom is 0.170 e. The number of ether oxygens (including phenoxy) is 1. The summed E-state index contributed by atoms with van der Waals surface area (Å²) in [7, 11) is 0. The lowest BCUT2D eigenvalue weighted by molar-refractivity contribution is 0.111. The SMILES string of the molecule is O=Cc1c(N2CCCOCC2)nc2ccccn12. The molecule has 0 N–H and O–H groups in total. The number of carbonyl (C=O) groups is 1. The van der Waals surface area contributed by atoms with E-state index in [4.69, 9.17) is 4.74 Å². The highest BCUT2D eigenvalue weighted by atomic mass is 16.5. The fraction of sp³-hybridized carbons (Fsp3) is 0.385. The van der Waals surface area contributed by atoms with Crippen LogP contribution in [0.5, 0.6) is 0 Å². The summed E-state index contributed by atoms with van der Waals surface area (Å²) in [6, 6.07) is 5.73. The summed E-state index contributed by atoms with van der Waals surface area (Å²) < 4.78 is 7.26. The molecule has 2 aromatic heterocycles. The molecule has 18 heavy (non-hydrogen) atoms. The van der Waals surface area contributed by atoms with Crippen LogP contribution in [-0.4, -0.2) is 42.0 Å². The van der Waals surface area contributed by atoms with Crippen molar-refractivity contribution >= 4 is 17.8 Å². The molecule has 3 rings (SSSR count). The third-order valence-corrected chi connectivity index (χ3v) is 3.18. The van der Waals surface area contributed by atoms with Gasteiger partial charge in [0.2, 0.25) is 0 Å². The van der Waals surface area contributed by atoms with E-state index in [1.165, 1.54) is 0 Å². The lowest BCUT2D eigenvalue weighted by Gasteiger charge is -2.19. The summed E-state index contributed by atoms with van der Waals surface area (Å²) in [4.78, 5) is 18.0. The Morgan fingerprint density at radius 3 is 3.11 bits per heavy atom. The average molecular weight is 245 g/mol. The van der Waals surface area contributed by atoms with Crippen LogP contribution in [0.1, 0.15) is 16.9 Å². The highest BCUT2D eigenvalue weighted by Crippen LogP contribution is 2.21. The predicted octanol–water partition coefficient (Wildman–Crippen LogP) is 1.37. The summed E-state index contributed by atoms with van der Waals surface area (Å²) in [5, 5.41) is 0. The van der Waals surface area contributed by atoms with Crippen LogP contribution in [0, 0.1) is 0 Å². The van der Waals surface area contributed by atoms with Gasteiger partial charge >= 0.3 is 0 Å². The van der Waals surface area contributed by atoms with Gasteiger partial charge in [0.25, 0.3) is 0 Å². The molecule has 0 bridgehead atoms. The number of anilines is 1. The van der Waals surface area contributed by atoms with Crippen molar-refractivity contribution in [3.63, 3.8) is 0 Å². The molecule has 1 aliphatic heterocycles. The summed E-state index contributed by atoms with van der Waals surface area (Å²) in [5.41, 5.74) is 1.42. The number of carbonyl (C=O) groups excluding carboxylic acids is 1. The van der Waals surface area contributed by atoms with Crippen molar-refractivity contribution in [3.05, 3.63) is 30.1 Å². The molecule has 0 atom stereocenters. The van der Waals surface area contributed by atoms with Crippen LogP contribution < -0.4 is 4.90 Å². The number of nitrogens with zero attached hydrogens (tertiary/aromatic N) is 3. The van der Waals surface area contributed by atoms with E-state index in [9.17, 15) is 4.79 Å². The van der Waals surface area contributed by atoms with E-state index < -0.39 is 0 Å². The van der Waals surface area contributed by atoms with Crippen LogP contribution in [0.4, 0.5) is 5.82 Å². The molecule has 94 valence electrons. The number of pyridine rings is 1. The number of rotatable bonds is 2. The summed E-state index contributed by atoms with van der Waals surface area (Å²) in [5.74, 6) is 0.765. The minimum Gasteiger partial charge on any atom is -0.380 e. The topological polar surface area (TPSA) is 46.8 Å². The Morgan fingerprint density at radius 2 is 2.22 bits per heavy atom. The van der Waals surface area contributed by atoms with Crippen molar-refractivity contribution in [3.8, 4) is 0 Å². The van der Waals surface area contributed by atoms with Crippen LogP contribution in [-0.2, 0) is 4.74 Å². The van der Waals surface area contributed by atoms with E-state index >= 15 is 0 Å². The van der Waals surface area contributed by atoms with Gasteiger partial charge < -0.3 is 9.64 Å². The Kier molecular flexibility index (Phi) is 2.98. The molecule has 0 aromatic carbocycles. The average Bonchev–Trinajstić information content (AvgIpc) is 2.59. The second-order valence-corrected chi connectivity index (χ2v) is 4.32. The van der Waals surface area contributed by atoms with Crippen molar-refractivity contribution in [2.75, 3.05) is 31.2 Å². The normalized spacial score (nSPS) is 16.8. The van der Waals surface area contributed by atoms with Crippen molar-refractivity contribution in [2.45, 2.75) is 6.42 Å². The summed E-state index contributed by atoms with van der Waals surface area (Å²) in [6.07, 6.45) is 3.71. The van der Waals surface area contributed by atoms with Gasteiger partial charge in [-0.25, -0.2) is 4.98 Å². The second kappa shape index (κ2) is 4.78. The number of imidazole rings is 1. The van der Waals surface area contributed by atoms with Crippen molar-refractivity contribution in [1.29, 1.82) is 0 Å². The highest BCUT2D eigenvalue weighted by Gasteiger charge is 2.18. The van der Waals surface area contributed by atoms with Gasteiger partial charge in [0.15, 0.2) is 12.1 Å². The number of hydrogen-bond acceptors (Lipinski definition) is 4. The molecule has 0 unspecified atom stereocenters. The Hall–Kier alpha value is -1.88. The van der Waals surface area contributed by atoms with Gasteiger partial charge in [-0.1, -0.05) is 6.07 Å². The van der Waals surface area contributed by atoms with Gasteiger partial charge in [-0.05, 0) is 18.6 Å². The summed E-state index contributed by atoms with van der Waals surface area (Å²) in [6.45, 7) is 3.13. The molecule has 2 aromatic rings. The Balaban J connectivity index is 2.06. The van der Waals surface area contributed by atoms with E-state index in [1.54, 1.807) is 0 Å². The molecule has 0 aliphatic carbocycles. The zero-order valence-corrected chi connectivity index (χ0v) is 10.1. The molecular formula is C13H15N3O2. The quantitative estimate of drug-likeness (QED) is 0.750. The lowest BCUT2D eigenvalue weighted by atomic mass is 10.3. The van der Waals surface area contributed by atoms with Gasteiger partial charge in [-0.15, -0.1) is 0 Å². The fourth-order valence-electron chi connectivity index (χ4n) is 2.30. The van der Waals surface area contributed by atoms with Crippen LogP contribution >= 0.6 is 0 Å². The molecule has 5 nitrogen and oxygen atoms in total. The zero-order valence-electron chi connectivity index (χ0n) is 10.1. The second-order valence-electron chi connectivity index (χ2n) is 4.32. The van der Waals surface area contributed by atoms with Gasteiger partial charge in [-0.3, -0.25) is 9.20 Å². The van der Waals surface area contributed by atoms with E-state index in [2.05, 4.69) is 9.88 Å². The Morgan fingerprint density at radius 1 is 1.28 bits per heavy atom. The molecule has 0 radical (unpaired) electrons. The molecule has 0 amide bonds. The van der Waals surface area contributed by atoms with Crippen LogP contribution in [0.3, 0.4) is 0 Å². The Bertz CT molecular complexity index is 556. The molecule has 1 fully saturated rings. The van der Waals surface area contributed by atoms with E-state index in [0.29, 0.717) is 12.3 Å². The maximum atomic E-state index is 11.3. The summed E-state index contributed by atoms with van der Waals surface area (Å²) >= 11 is 0. The first kappa shape index (κ1) is 11.2. The molecule has 0 saturated carbocycles. The lowest BCUT2D eigenvalue weighted by Crippen LogP contribution is -2.27. The molecule has 1 aliphatic rings. The van der Waals surface area contributed by atoms with Gasteiger partial charge in [-0.2, -0.15) is 0 Å². The zero-order chi connectivity index (χ0) is 12.4. The molecule has 1 saturated heterocycles. The number of aldehydes is 1. The Labute approximate surface area is 105 Å². The van der Waals surface area contributed by atoms with E-state index in [-0.39, 0.29) is 0 Å². The van der Waals surface area contributed by atoms with Gasteiger partial charge in [0.05, 0.1) is 6.61 Å². The smallest absolute Gasteiger partial charge is 0.170 e. The largest absolute Gasteiger partial charge is 0.380 e. The molecular weight excluding hydrogens is 230 g/mol. The third-order valence-electron chi connectivity index (χ3n) is 3.18. The van der Waals surface area contributed by atoms with Crippen molar-refractivity contribution in [1.82, 2.24) is 9.38 Å². The van der Waals surface area contributed by atoms with E-state index in [1.807, 2.05) is 28.8 Å². The van der Waals surface area contributed by atoms with Crippen LogP contribution in [0.2, 0.25) is 0 Å². The van der Waals surface area contributed by atoms with Gasteiger partial charge in [0.1, 0.15) is 11.3 Å². The third kappa shape index (κ3) is 1.86. The molecule has 0 spiro atoms. The minimum atomic E-state index is 0.618. The monoisotopic (exact) mass is 245 g/mol. The number of hydrogen-bond donors (Lipinski definition) is 0. The van der Waals surface area contributed by atoms with Crippen molar-refractivity contribution < 1.29 is 9.53 Å².